The molecule has 1 aromatic rings. The van der Waals surface area contributed by atoms with E-state index < -0.39 is 16.1 Å². The van der Waals surface area contributed by atoms with Gasteiger partial charge in [-0.15, -0.1) is 0 Å². The molecule has 0 atom stereocenters. The molecule has 0 bridgehead atoms. The maximum absolute atomic E-state index is 11.4. The van der Waals surface area contributed by atoms with E-state index in [1.54, 1.807) is 25.1 Å². The van der Waals surface area contributed by atoms with Gasteiger partial charge in [-0.2, -0.15) is 13.5 Å². The Bertz CT molecular complexity index is 610. The van der Waals surface area contributed by atoms with Gasteiger partial charge >= 0.3 is 16.1 Å². The van der Waals surface area contributed by atoms with Crippen molar-refractivity contribution >= 4 is 27.5 Å². The Morgan fingerprint density at radius 2 is 2.00 bits per heavy atom. The van der Waals surface area contributed by atoms with E-state index >= 15 is 0 Å². The molecule has 0 aromatic heterocycles. The number of anilines is 1. The highest BCUT2D eigenvalue weighted by molar-refractivity contribution is 7.86. The molecule has 8 heteroatoms. The lowest BCUT2D eigenvalue weighted by Crippen LogP contribution is -2.15. The SMILES string of the molecule is CCOC(=O)/C(C)=N/Nc1ccccc1OS(C)(=O)=O. The van der Waals surface area contributed by atoms with Crippen LogP contribution < -0.4 is 9.61 Å². The number of carbonyl (C=O) groups excluding carboxylic acids is 1. The first kappa shape index (κ1) is 16.0. The Morgan fingerprint density at radius 3 is 2.60 bits per heavy atom. The molecule has 0 unspecified atom stereocenters. The summed E-state index contributed by atoms with van der Waals surface area (Å²) in [6.45, 7) is 3.42. The lowest BCUT2D eigenvalue weighted by atomic mass is 10.3. The Balaban J connectivity index is 2.88. The monoisotopic (exact) mass is 300 g/mol. The summed E-state index contributed by atoms with van der Waals surface area (Å²) in [4.78, 5) is 11.4. The summed E-state index contributed by atoms with van der Waals surface area (Å²) in [5.74, 6) is -0.461. The van der Waals surface area contributed by atoms with Crippen molar-refractivity contribution in [1.82, 2.24) is 0 Å². The molecule has 0 radical (unpaired) electrons. The van der Waals surface area contributed by atoms with Crippen molar-refractivity contribution in [3.8, 4) is 5.75 Å². The maximum Gasteiger partial charge on any atom is 0.354 e. The van der Waals surface area contributed by atoms with E-state index in [2.05, 4.69) is 10.5 Å². The second kappa shape index (κ2) is 6.90. The van der Waals surface area contributed by atoms with Crippen LogP contribution in [0.4, 0.5) is 5.69 Å². The van der Waals surface area contributed by atoms with Gasteiger partial charge in [0.25, 0.3) is 0 Å². The molecule has 1 N–H and O–H groups in total. The third-order valence-electron chi connectivity index (χ3n) is 2.04. The first-order valence-electron chi connectivity index (χ1n) is 5.79. The molecule has 20 heavy (non-hydrogen) atoms. The van der Waals surface area contributed by atoms with Crippen LogP contribution in [0.5, 0.6) is 5.75 Å². The zero-order valence-corrected chi connectivity index (χ0v) is 12.2. The van der Waals surface area contributed by atoms with E-state index in [-0.39, 0.29) is 18.1 Å². The number of carbonyl (C=O) groups is 1. The first-order valence-corrected chi connectivity index (χ1v) is 7.61. The van der Waals surface area contributed by atoms with Crippen molar-refractivity contribution < 1.29 is 22.1 Å². The Labute approximate surface area is 117 Å². The minimum atomic E-state index is -3.64. The zero-order valence-electron chi connectivity index (χ0n) is 11.4. The second-order valence-corrected chi connectivity index (χ2v) is 5.39. The summed E-state index contributed by atoms with van der Waals surface area (Å²) >= 11 is 0. The zero-order chi connectivity index (χ0) is 15.2. The van der Waals surface area contributed by atoms with Crippen LogP contribution in [0.15, 0.2) is 29.4 Å². The molecule has 0 aliphatic carbocycles. The maximum atomic E-state index is 11.4. The number of esters is 1. The minimum absolute atomic E-state index is 0.0930. The minimum Gasteiger partial charge on any atom is -0.461 e. The van der Waals surface area contributed by atoms with Gasteiger partial charge in [-0.25, -0.2) is 4.79 Å². The van der Waals surface area contributed by atoms with Crippen molar-refractivity contribution in [2.24, 2.45) is 5.10 Å². The lowest BCUT2D eigenvalue weighted by molar-refractivity contribution is -0.135. The third kappa shape index (κ3) is 5.27. The fraction of sp³-hybridized carbons (Fsp3) is 0.333. The van der Waals surface area contributed by atoms with Crippen LogP contribution in [-0.2, 0) is 19.6 Å². The summed E-state index contributed by atoms with van der Waals surface area (Å²) in [5, 5.41) is 3.82. The van der Waals surface area contributed by atoms with Gasteiger partial charge in [-0.05, 0) is 26.0 Å². The van der Waals surface area contributed by atoms with Crippen molar-refractivity contribution in [1.29, 1.82) is 0 Å². The number of ether oxygens (including phenoxy) is 1. The average Bonchev–Trinajstić information content (AvgIpc) is 2.35. The van der Waals surface area contributed by atoms with E-state index in [4.69, 9.17) is 8.92 Å². The summed E-state index contributed by atoms with van der Waals surface area (Å²) in [6.07, 6.45) is 0.941. The Morgan fingerprint density at radius 1 is 1.35 bits per heavy atom. The molecule has 110 valence electrons. The first-order chi connectivity index (χ1) is 9.33. The van der Waals surface area contributed by atoms with E-state index in [0.717, 1.165) is 6.26 Å². The normalized spacial score (nSPS) is 11.8. The summed E-state index contributed by atoms with van der Waals surface area (Å²) in [7, 11) is -3.64. The Hall–Kier alpha value is -2.09. The van der Waals surface area contributed by atoms with Crippen LogP contribution in [0.1, 0.15) is 13.8 Å². The van der Waals surface area contributed by atoms with Crippen LogP contribution in [0.2, 0.25) is 0 Å². The molecule has 1 rings (SSSR count). The molecule has 0 saturated carbocycles. The fourth-order valence-electron chi connectivity index (χ4n) is 1.22. The third-order valence-corrected chi connectivity index (χ3v) is 2.53. The molecule has 0 aliphatic rings. The average molecular weight is 300 g/mol. The van der Waals surface area contributed by atoms with Crippen molar-refractivity contribution in [2.45, 2.75) is 13.8 Å². The van der Waals surface area contributed by atoms with Crippen molar-refractivity contribution in [3.05, 3.63) is 24.3 Å². The highest BCUT2D eigenvalue weighted by Gasteiger charge is 2.10. The van der Waals surface area contributed by atoms with Crippen LogP contribution in [0.3, 0.4) is 0 Å². The van der Waals surface area contributed by atoms with Gasteiger partial charge in [-0.3, -0.25) is 5.43 Å². The Kier molecular flexibility index (Phi) is 5.51. The highest BCUT2D eigenvalue weighted by Crippen LogP contribution is 2.24. The van der Waals surface area contributed by atoms with Gasteiger partial charge in [0.05, 0.1) is 18.6 Å². The molecule has 0 saturated heterocycles. The smallest absolute Gasteiger partial charge is 0.354 e. The summed E-state index contributed by atoms with van der Waals surface area (Å²) in [6, 6.07) is 6.33. The van der Waals surface area contributed by atoms with Gasteiger partial charge in [0.2, 0.25) is 0 Å². The molecule has 0 spiro atoms. The topological polar surface area (TPSA) is 94.1 Å². The molecule has 0 heterocycles. The number of nitrogens with zero attached hydrogens (tertiary/aromatic N) is 1. The van der Waals surface area contributed by atoms with Crippen LogP contribution in [0.25, 0.3) is 0 Å². The van der Waals surface area contributed by atoms with E-state index in [9.17, 15) is 13.2 Å². The summed E-state index contributed by atoms with van der Waals surface area (Å²) < 4.78 is 31.8. The second-order valence-electron chi connectivity index (χ2n) is 3.81. The number of hydrazone groups is 1. The largest absolute Gasteiger partial charge is 0.461 e. The molecular formula is C12H16N2O5S. The quantitative estimate of drug-likeness (QED) is 0.369. The number of rotatable bonds is 6. The van der Waals surface area contributed by atoms with E-state index in [1.807, 2.05) is 0 Å². The highest BCUT2D eigenvalue weighted by atomic mass is 32.2. The number of benzene rings is 1. The van der Waals surface area contributed by atoms with Crippen molar-refractivity contribution in [2.75, 3.05) is 18.3 Å². The standard InChI is InChI=1S/C12H16N2O5S/c1-4-18-12(15)9(2)13-14-10-7-5-6-8-11(10)19-20(3,16)17/h5-8,14H,4H2,1-3H3/b13-9+. The van der Waals surface area contributed by atoms with Gasteiger partial charge in [0.15, 0.2) is 5.75 Å². The van der Waals surface area contributed by atoms with Gasteiger partial charge < -0.3 is 8.92 Å². The van der Waals surface area contributed by atoms with Crippen molar-refractivity contribution in [3.63, 3.8) is 0 Å². The molecule has 7 nitrogen and oxygen atoms in total. The van der Waals surface area contributed by atoms with Gasteiger partial charge in [-0.1, -0.05) is 12.1 Å². The fourth-order valence-corrected chi connectivity index (χ4v) is 1.69. The van der Waals surface area contributed by atoms with Crippen LogP contribution in [-0.4, -0.2) is 33.0 Å². The van der Waals surface area contributed by atoms with Gasteiger partial charge in [0, 0.05) is 0 Å². The molecular weight excluding hydrogens is 284 g/mol. The molecule has 0 aliphatic heterocycles. The lowest BCUT2D eigenvalue weighted by Gasteiger charge is -2.09. The van der Waals surface area contributed by atoms with Gasteiger partial charge in [0.1, 0.15) is 5.71 Å². The molecule has 0 fully saturated rings. The van der Waals surface area contributed by atoms with E-state index in [0.29, 0.717) is 5.69 Å². The van der Waals surface area contributed by atoms with Crippen LogP contribution >= 0.6 is 0 Å². The number of nitrogens with one attached hydrogen (secondary N) is 1. The number of hydrogen-bond donors (Lipinski definition) is 1. The number of para-hydroxylation sites is 2. The predicted octanol–water partition coefficient (Wildman–Crippen LogP) is 1.38. The van der Waals surface area contributed by atoms with E-state index in [1.165, 1.54) is 13.0 Å². The number of hydrogen-bond acceptors (Lipinski definition) is 7. The molecule has 1 aromatic carbocycles. The predicted molar refractivity (Wildman–Crippen MR) is 75.3 cm³/mol. The molecule has 0 amide bonds. The van der Waals surface area contributed by atoms with Crippen LogP contribution in [0, 0.1) is 0 Å². The summed E-state index contributed by atoms with van der Waals surface area (Å²) in [5.41, 5.74) is 3.01.